The van der Waals surface area contributed by atoms with Gasteiger partial charge in [-0.3, -0.25) is 19.3 Å². The Kier molecular flexibility index (Phi) is 4.12. The Morgan fingerprint density at radius 1 is 1.08 bits per heavy atom. The third kappa shape index (κ3) is 2.90. The Bertz CT molecular complexity index is 816. The van der Waals surface area contributed by atoms with E-state index in [1.165, 1.54) is 24.3 Å². The van der Waals surface area contributed by atoms with Gasteiger partial charge in [0.05, 0.1) is 18.9 Å². The number of carbonyl (C=O) groups is 3. The summed E-state index contributed by atoms with van der Waals surface area (Å²) in [7, 11) is 0. The van der Waals surface area contributed by atoms with Crippen LogP contribution in [0, 0.1) is 5.82 Å². The smallest absolute Gasteiger partial charge is 0.304 e. The molecule has 1 heterocycles. The van der Waals surface area contributed by atoms with E-state index in [9.17, 15) is 18.8 Å². The van der Waals surface area contributed by atoms with Crippen molar-refractivity contribution in [3.8, 4) is 0 Å². The zero-order valence-corrected chi connectivity index (χ0v) is 12.6. The van der Waals surface area contributed by atoms with Gasteiger partial charge in [0.15, 0.2) is 0 Å². The second-order valence-electron chi connectivity index (χ2n) is 5.59. The first kappa shape index (κ1) is 15.9. The number of halogens is 1. The summed E-state index contributed by atoms with van der Waals surface area (Å²) >= 11 is 0. The van der Waals surface area contributed by atoms with Crippen LogP contribution in [0.3, 0.4) is 0 Å². The maximum atomic E-state index is 13.0. The summed E-state index contributed by atoms with van der Waals surface area (Å²) in [5.74, 6) is -3.45. The molecule has 5 nitrogen and oxygen atoms in total. The van der Waals surface area contributed by atoms with E-state index in [0.29, 0.717) is 16.7 Å². The zero-order chi connectivity index (χ0) is 17.3. The average Bonchev–Trinajstić information content (AvgIpc) is 2.57. The number of carbonyl (C=O) groups excluding carboxylic acids is 2. The van der Waals surface area contributed by atoms with Crippen LogP contribution in [0.15, 0.2) is 48.5 Å². The lowest BCUT2D eigenvalue weighted by molar-refractivity contribution is -0.141. The van der Waals surface area contributed by atoms with Crippen molar-refractivity contribution in [3.63, 3.8) is 0 Å². The molecule has 2 aromatic carbocycles. The minimum Gasteiger partial charge on any atom is -0.481 e. The highest BCUT2D eigenvalue weighted by Gasteiger charge is 2.39. The summed E-state index contributed by atoms with van der Waals surface area (Å²) in [4.78, 5) is 37.4. The lowest BCUT2D eigenvalue weighted by atomic mass is 9.86. The molecule has 0 saturated heterocycles. The molecule has 6 heteroatoms. The van der Waals surface area contributed by atoms with Gasteiger partial charge in [0.2, 0.25) is 5.91 Å². The van der Waals surface area contributed by atoms with Crippen LogP contribution in [-0.2, 0) is 16.1 Å². The predicted octanol–water partition coefficient (Wildman–Crippen LogP) is 2.57. The molecule has 3 rings (SSSR count). The predicted molar refractivity (Wildman–Crippen MR) is 82.7 cm³/mol. The fraction of sp³-hybridized carbons (Fsp3) is 0.167. The third-order valence-electron chi connectivity index (χ3n) is 4.01. The third-order valence-corrected chi connectivity index (χ3v) is 4.01. The number of imide groups is 1. The molecule has 0 fully saturated rings. The van der Waals surface area contributed by atoms with Crippen LogP contribution in [0.1, 0.15) is 33.8 Å². The van der Waals surface area contributed by atoms with Gasteiger partial charge in [-0.2, -0.15) is 0 Å². The number of fused-ring (bicyclic) bond motifs is 1. The number of rotatable bonds is 4. The van der Waals surface area contributed by atoms with Crippen LogP contribution < -0.4 is 0 Å². The highest BCUT2D eigenvalue weighted by atomic mass is 19.1. The zero-order valence-electron chi connectivity index (χ0n) is 12.6. The normalized spacial score (nSPS) is 16.9. The molecule has 1 unspecified atom stereocenters. The molecule has 0 aliphatic carbocycles. The van der Waals surface area contributed by atoms with Crippen molar-refractivity contribution < 1.29 is 23.9 Å². The number of carboxylic acids is 1. The fourth-order valence-corrected chi connectivity index (χ4v) is 2.86. The molecule has 0 spiro atoms. The quantitative estimate of drug-likeness (QED) is 0.876. The van der Waals surface area contributed by atoms with E-state index in [1.807, 2.05) is 0 Å². The molecule has 1 N–H and O–H groups in total. The molecule has 0 saturated carbocycles. The van der Waals surface area contributed by atoms with Crippen molar-refractivity contribution in [2.45, 2.75) is 18.9 Å². The Morgan fingerprint density at radius 3 is 2.42 bits per heavy atom. The van der Waals surface area contributed by atoms with Gasteiger partial charge < -0.3 is 5.11 Å². The van der Waals surface area contributed by atoms with Gasteiger partial charge in [-0.25, -0.2) is 4.39 Å². The lowest BCUT2D eigenvalue weighted by Gasteiger charge is -2.32. The van der Waals surface area contributed by atoms with Crippen molar-refractivity contribution in [2.24, 2.45) is 0 Å². The highest BCUT2D eigenvalue weighted by molar-refractivity contribution is 6.12. The van der Waals surface area contributed by atoms with Crippen molar-refractivity contribution in [3.05, 3.63) is 71.0 Å². The monoisotopic (exact) mass is 327 g/mol. The van der Waals surface area contributed by atoms with Crippen molar-refractivity contribution in [1.82, 2.24) is 4.90 Å². The maximum Gasteiger partial charge on any atom is 0.304 e. The summed E-state index contributed by atoms with van der Waals surface area (Å²) in [5.41, 5.74) is 1.35. The molecule has 2 aromatic rings. The summed E-state index contributed by atoms with van der Waals surface area (Å²) < 4.78 is 13.0. The highest BCUT2D eigenvalue weighted by Crippen LogP contribution is 2.32. The Labute approximate surface area is 137 Å². The molecule has 0 bridgehead atoms. The first-order valence-corrected chi connectivity index (χ1v) is 7.38. The van der Waals surface area contributed by atoms with E-state index in [-0.39, 0.29) is 13.0 Å². The molecule has 1 aliphatic rings. The minimum absolute atomic E-state index is 0.0254. The summed E-state index contributed by atoms with van der Waals surface area (Å²) in [5, 5.41) is 9.08. The Hall–Kier alpha value is -3.02. The molecular weight excluding hydrogens is 313 g/mol. The number of nitrogens with zero attached hydrogens (tertiary/aromatic N) is 1. The van der Waals surface area contributed by atoms with Crippen molar-refractivity contribution in [1.29, 1.82) is 0 Å². The van der Waals surface area contributed by atoms with E-state index >= 15 is 0 Å². The molecule has 1 aliphatic heterocycles. The van der Waals surface area contributed by atoms with E-state index < -0.39 is 29.5 Å². The van der Waals surface area contributed by atoms with E-state index in [4.69, 9.17) is 5.11 Å². The van der Waals surface area contributed by atoms with Crippen LogP contribution in [-0.4, -0.2) is 27.8 Å². The summed E-state index contributed by atoms with van der Waals surface area (Å²) in [6.45, 7) is -0.0254. The maximum absolute atomic E-state index is 13.0. The van der Waals surface area contributed by atoms with Gasteiger partial charge in [0.25, 0.3) is 5.91 Å². The molecule has 0 radical (unpaired) electrons. The number of amides is 2. The van der Waals surface area contributed by atoms with Crippen LogP contribution in [0.25, 0.3) is 0 Å². The Balaban J connectivity index is 1.98. The number of carboxylic acid groups (broad SMARTS) is 1. The minimum atomic E-state index is -1.11. The summed E-state index contributed by atoms with van der Waals surface area (Å²) in [6.07, 6.45) is -0.386. The second kappa shape index (κ2) is 6.23. The van der Waals surface area contributed by atoms with Gasteiger partial charge in [0.1, 0.15) is 5.82 Å². The van der Waals surface area contributed by atoms with Gasteiger partial charge >= 0.3 is 5.97 Å². The number of benzene rings is 2. The number of hydrogen-bond acceptors (Lipinski definition) is 3. The van der Waals surface area contributed by atoms with E-state index in [0.717, 1.165) is 4.90 Å². The molecule has 24 heavy (non-hydrogen) atoms. The molecule has 0 aromatic heterocycles. The molecule has 122 valence electrons. The van der Waals surface area contributed by atoms with Gasteiger partial charge in [-0.05, 0) is 29.3 Å². The number of hydrogen-bond donors (Lipinski definition) is 1. The Morgan fingerprint density at radius 2 is 1.75 bits per heavy atom. The molecule has 2 amide bonds. The molecule has 1 atom stereocenters. The van der Waals surface area contributed by atoms with E-state index in [2.05, 4.69) is 0 Å². The second-order valence-corrected chi connectivity index (χ2v) is 5.59. The average molecular weight is 327 g/mol. The van der Waals surface area contributed by atoms with E-state index in [1.54, 1.807) is 24.3 Å². The fourth-order valence-electron chi connectivity index (χ4n) is 2.86. The van der Waals surface area contributed by atoms with Crippen LogP contribution in [0.2, 0.25) is 0 Å². The van der Waals surface area contributed by atoms with Crippen LogP contribution in [0.4, 0.5) is 4.39 Å². The van der Waals surface area contributed by atoms with Crippen LogP contribution in [0.5, 0.6) is 0 Å². The summed E-state index contributed by atoms with van der Waals surface area (Å²) in [6, 6.07) is 12.0. The first-order chi connectivity index (χ1) is 11.5. The SMILES string of the molecule is O=C(O)CC1C(=O)N(Cc2ccc(F)cc2)C(=O)c2ccccc21. The number of aliphatic carboxylic acids is 1. The van der Waals surface area contributed by atoms with Crippen molar-refractivity contribution in [2.75, 3.05) is 0 Å². The largest absolute Gasteiger partial charge is 0.481 e. The first-order valence-electron chi connectivity index (χ1n) is 7.38. The lowest BCUT2D eigenvalue weighted by Crippen LogP contribution is -2.44. The van der Waals surface area contributed by atoms with Gasteiger partial charge in [-0.1, -0.05) is 30.3 Å². The topological polar surface area (TPSA) is 74.7 Å². The van der Waals surface area contributed by atoms with Crippen molar-refractivity contribution >= 4 is 17.8 Å². The standard InChI is InChI=1S/C18H14FNO4/c19-12-7-5-11(6-8-12)10-20-17(23)14-4-2-1-3-13(14)15(18(20)24)9-16(21)22/h1-8,15H,9-10H2,(H,21,22). The van der Waals surface area contributed by atoms with Gasteiger partial charge in [0, 0.05) is 5.56 Å². The van der Waals surface area contributed by atoms with Gasteiger partial charge in [-0.15, -0.1) is 0 Å². The van der Waals surface area contributed by atoms with Crippen LogP contribution >= 0.6 is 0 Å². The molecular formula is C18H14FNO4.